The van der Waals surface area contributed by atoms with E-state index >= 15 is 0 Å². The molecule has 132 valence electrons. The van der Waals surface area contributed by atoms with E-state index in [4.69, 9.17) is 23.2 Å². The lowest BCUT2D eigenvalue weighted by Gasteiger charge is -2.26. The Morgan fingerprint density at radius 1 is 1.29 bits per heavy atom. The largest absolute Gasteiger partial charge is 0.341 e. The van der Waals surface area contributed by atoms with Crippen molar-refractivity contribution in [1.82, 2.24) is 10.2 Å². The maximum atomic E-state index is 12.7. The summed E-state index contributed by atoms with van der Waals surface area (Å²) in [5.41, 5.74) is 0.646. The van der Waals surface area contributed by atoms with Gasteiger partial charge in [-0.15, -0.1) is 12.4 Å². The molecular weight excluding hydrogens is 373 g/mol. The molecule has 1 aromatic rings. The van der Waals surface area contributed by atoms with Crippen molar-refractivity contribution in [3.05, 3.63) is 28.2 Å². The third kappa shape index (κ3) is 3.97. The second-order valence-electron chi connectivity index (χ2n) is 6.13. The molecule has 3 rings (SSSR count). The predicted octanol–water partition coefficient (Wildman–Crippen LogP) is 2.59. The van der Waals surface area contributed by atoms with E-state index in [1.807, 2.05) is 7.05 Å². The van der Waals surface area contributed by atoms with Crippen LogP contribution >= 0.6 is 35.6 Å². The fraction of sp³-hybridized carbons (Fsp3) is 0.500. The monoisotopic (exact) mass is 391 g/mol. The standard InChI is InChI=1S/C16H19Cl2N3O2.ClH/c1-20(13-2-3-19-8-13)16(23)10-4-15(22)21(9-10)14-6-11(17)5-12(18)7-14;/h5-7,10,13,19H,2-4,8-9H2,1H3;1H. The highest BCUT2D eigenvalue weighted by atomic mass is 35.5. The first-order valence-corrected chi connectivity index (χ1v) is 8.45. The summed E-state index contributed by atoms with van der Waals surface area (Å²) in [6.07, 6.45) is 1.18. The molecule has 2 fully saturated rings. The minimum absolute atomic E-state index is 0. The van der Waals surface area contributed by atoms with Crippen LogP contribution in [0.3, 0.4) is 0 Å². The highest BCUT2D eigenvalue weighted by Gasteiger charge is 2.38. The van der Waals surface area contributed by atoms with Crippen LogP contribution in [-0.4, -0.2) is 49.4 Å². The van der Waals surface area contributed by atoms with E-state index in [2.05, 4.69) is 5.32 Å². The maximum Gasteiger partial charge on any atom is 0.228 e. The number of likely N-dealkylation sites (N-methyl/N-ethyl adjacent to an activating group) is 1. The lowest BCUT2D eigenvalue weighted by molar-refractivity contribution is -0.136. The van der Waals surface area contributed by atoms with Crippen LogP contribution in [0.5, 0.6) is 0 Å². The van der Waals surface area contributed by atoms with Crippen molar-refractivity contribution in [2.75, 3.05) is 31.6 Å². The smallest absolute Gasteiger partial charge is 0.228 e. The van der Waals surface area contributed by atoms with Gasteiger partial charge in [0.2, 0.25) is 11.8 Å². The van der Waals surface area contributed by atoms with Crippen molar-refractivity contribution in [3.63, 3.8) is 0 Å². The van der Waals surface area contributed by atoms with Gasteiger partial charge in [-0.2, -0.15) is 0 Å². The molecule has 0 aliphatic carbocycles. The fourth-order valence-corrected chi connectivity index (χ4v) is 3.77. The minimum atomic E-state index is -0.314. The van der Waals surface area contributed by atoms with E-state index in [1.165, 1.54) is 0 Å². The van der Waals surface area contributed by atoms with Gasteiger partial charge in [-0.1, -0.05) is 23.2 Å². The molecule has 0 radical (unpaired) electrons. The van der Waals surface area contributed by atoms with Crippen LogP contribution in [0.15, 0.2) is 18.2 Å². The Balaban J connectivity index is 0.00000208. The normalized spacial score (nSPS) is 23.3. The Labute approximate surface area is 157 Å². The van der Waals surface area contributed by atoms with Crippen LogP contribution in [0.25, 0.3) is 0 Å². The Kier molecular flexibility index (Phi) is 6.37. The fourth-order valence-electron chi connectivity index (χ4n) is 3.26. The third-order valence-electron chi connectivity index (χ3n) is 4.56. The highest BCUT2D eigenvalue weighted by molar-refractivity contribution is 6.35. The van der Waals surface area contributed by atoms with Crippen molar-refractivity contribution in [3.8, 4) is 0 Å². The van der Waals surface area contributed by atoms with E-state index in [9.17, 15) is 9.59 Å². The van der Waals surface area contributed by atoms with Crippen molar-refractivity contribution >= 4 is 53.1 Å². The molecule has 2 aliphatic rings. The van der Waals surface area contributed by atoms with Crippen LogP contribution in [0, 0.1) is 5.92 Å². The van der Waals surface area contributed by atoms with E-state index in [0.29, 0.717) is 22.3 Å². The Hall–Kier alpha value is -1.01. The van der Waals surface area contributed by atoms with Crippen LogP contribution in [0.1, 0.15) is 12.8 Å². The van der Waals surface area contributed by atoms with E-state index in [0.717, 1.165) is 19.5 Å². The van der Waals surface area contributed by atoms with Crippen molar-refractivity contribution < 1.29 is 9.59 Å². The van der Waals surface area contributed by atoms with Crippen LogP contribution in [0.2, 0.25) is 10.0 Å². The average molecular weight is 393 g/mol. The van der Waals surface area contributed by atoms with Gasteiger partial charge < -0.3 is 15.1 Å². The summed E-state index contributed by atoms with van der Waals surface area (Å²) in [6.45, 7) is 2.12. The topological polar surface area (TPSA) is 52.7 Å². The summed E-state index contributed by atoms with van der Waals surface area (Å²) in [4.78, 5) is 28.4. The molecule has 2 heterocycles. The van der Waals surface area contributed by atoms with Gasteiger partial charge in [0.25, 0.3) is 0 Å². The Bertz CT molecular complexity index is 615. The molecule has 1 aromatic carbocycles. The lowest BCUT2D eigenvalue weighted by atomic mass is 10.1. The summed E-state index contributed by atoms with van der Waals surface area (Å²) in [7, 11) is 1.82. The van der Waals surface area contributed by atoms with E-state index in [1.54, 1.807) is 28.0 Å². The minimum Gasteiger partial charge on any atom is -0.341 e. The van der Waals surface area contributed by atoms with E-state index < -0.39 is 0 Å². The first-order valence-electron chi connectivity index (χ1n) is 7.69. The average Bonchev–Trinajstić information content (AvgIpc) is 3.14. The lowest BCUT2D eigenvalue weighted by Crippen LogP contribution is -2.42. The molecule has 1 N–H and O–H groups in total. The summed E-state index contributed by atoms with van der Waals surface area (Å²) in [5, 5.41) is 4.21. The first kappa shape index (κ1) is 19.3. The Morgan fingerprint density at radius 3 is 2.54 bits per heavy atom. The number of carbonyl (C=O) groups excluding carboxylic acids is 2. The van der Waals surface area contributed by atoms with Crippen LogP contribution in [-0.2, 0) is 9.59 Å². The number of nitrogens with one attached hydrogen (secondary N) is 1. The van der Waals surface area contributed by atoms with Crippen molar-refractivity contribution in [1.29, 1.82) is 0 Å². The molecule has 24 heavy (non-hydrogen) atoms. The molecule has 2 amide bonds. The zero-order valence-electron chi connectivity index (χ0n) is 13.3. The first-order chi connectivity index (χ1) is 11.0. The van der Waals surface area contributed by atoms with Gasteiger partial charge in [0.05, 0.1) is 5.92 Å². The maximum absolute atomic E-state index is 12.7. The highest BCUT2D eigenvalue weighted by Crippen LogP contribution is 2.31. The zero-order chi connectivity index (χ0) is 16.6. The molecule has 0 aromatic heterocycles. The SMILES string of the molecule is CN(C(=O)C1CC(=O)N(c2cc(Cl)cc(Cl)c2)C1)C1CCNC1.Cl. The summed E-state index contributed by atoms with van der Waals surface area (Å²) in [5.74, 6) is -0.354. The van der Waals surface area contributed by atoms with Gasteiger partial charge in [0.15, 0.2) is 0 Å². The number of rotatable bonds is 3. The number of nitrogens with zero attached hydrogens (tertiary/aromatic N) is 2. The molecule has 0 saturated carbocycles. The summed E-state index contributed by atoms with van der Waals surface area (Å²) >= 11 is 12.0. The molecule has 2 saturated heterocycles. The molecular formula is C16H20Cl3N3O2. The summed E-state index contributed by atoms with van der Waals surface area (Å²) in [6, 6.07) is 5.23. The Morgan fingerprint density at radius 2 is 1.96 bits per heavy atom. The van der Waals surface area contributed by atoms with E-state index in [-0.39, 0.29) is 42.6 Å². The predicted molar refractivity (Wildman–Crippen MR) is 98.2 cm³/mol. The van der Waals surface area contributed by atoms with Crippen LogP contribution < -0.4 is 10.2 Å². The molecule has 8 heteroatoms. The molecule has 0 spiro atoms. The second kappa shape index (κ2) is 7.91. The number of hydrogen-bond acceptors (Lipinski definition) is 3. The molecule has 5 nitrogen and oxygen atoms in total. The van der Waals surface area contributed by atoms with Gasteiger partial charge in [0, 0.05) is 48.3 Å². The zero-order valence-corrected chi connectivity index (χ0v) is 15.6. The molecule has 2 atom stereocenters. The number of halogens is 3. The number of hydrogen-bond donors (Lipinski definition) is 1. The number of amides is 2. The second-order valence-corrected chi connectivity index (χ2v) is 7.00. The van der Waals surface area contributed by atoms with Gasteiger partial charge in [-0.25, -0.2) is 0 Å². The summed E-state index contributed by atoms with van der Waals surface area (Å²) < 4.78 is 0. The van der Waals surface area contributed by atoms with Gasteiger partial charge in [-0.05, 0) is 31.2 Å². The van der Waals surface area contributed by atoms with Gasteiger partial charge in [-0.3, -0.25) is 9.59 Å². The third-order valence-corrected chi connectivity index (χ3v) is 5.00. The quantitative estimate of drug-likeness (QED) is 0.860. The van der Waals surface area contributed by atoms with Gasteiger partial charge >= 0.3 is 0 Å². The van der Waals surface area contributed by atoms with Crippen LogP contribution in [0.4, 0.5) is 5.69 Å². The molecule has 0 bridgehead atoms. The van der Waals surface area contributed by atoms with Crippen molar-refractivity contribution in [2.24, 2.45) is 5.92 Å². The van der Waals surface area contributed by atoms with Crippen molar-refractivity contribution in [2.45, 2.75) is 18.9 Å². The molecule has 2 aliphatic heterocycles. The number of benzene rings is 1. The number of anilines is 1. The number of carbonyl (C=O) groups is 2. The molecule has 2 unspecified atom stereocenters. The van der Waals surface area contributed by atoms with Gasteiger partial charge in [0.1, 0.15) is 0 Å².